The molecule has 0 saturated heterocycles. The van der Waals surface area contributed by atoms with Crippen LogP contribution in [0.15, 0.2) is 42.5 Å². The third kappa shape index (κ3) is 4.29. The van der Waals surface area contributed by atoms with Gasteiger partial charge in [0.25, 0.3) is 0 Å². The molecule has 0 radical (unpaired) electrons. The van der Waals surface area contributed by atoms with Gasteiger partial charge in [-0.1, -0.05) is 23.2 Å². The number of carbonyl (C=O) groups excluding carboxylic acids is 1. The number of amides is 2. The Morgan fingerprint density at radius 2 is 1.50 bits per heavy atom. The first-order valence-corrected chi connectivity index (χ1v) is 7.75. The highest BCUT2D eigenvalue weighted by Crippen LogP contribution is 2.26. The zero-order valence-electron chi connectivity index (χ0n) is 11.7. The lowest BCUT2D eigenvalue weighted by Gasteiger charge is -2.10. The van der Waals surface area contributed by atoms with E-state index in [2.05, 4.69) is 16.0 Å². The summed E-state index contributed by atoms with van der Waals surface area (Å²) in [6, 6.07) is 12.9. The zero-order valence-corrected chi connectivity index (χ0v) is 13.2. The molecule has 114 valence electrons. The first kappa shape index (κ1) is 15.0. The minimum Gasteiger partial charge on any atom is -0.355 e. The first-order chi connectivity index (χ1) is 10.6. The smallest absolute Gasteiger partial charge is 0.319 e. The van der Waals surface area contributed by atoms with Crippen LogP contribution in [0.4, 0.5) is 21.9 Å². The maximum Gasteiger partial charge on any atom is 0.319 e. The Labute approximate surface area is 138 Å². The lowest BCUT2D eigenvalue weighted by molar-refractivity contribution is 0.251. The van der Waals surface area contributed by atoms with E-state index >= 15 is 0 Å². The molecule has 0 unspecified atom stereocenters. The fourth-order valence-electron chi connectivity index (χ4n) is 2.01. The molecule has 4 nitrogen and oxygen atoms in total. The van der Waals surface area contributed by atoms with Crippen LogP contribution >= 0.6 is 23.2 Å². The molecule has 3 N–H and O–H groups in total. The summed E-state index contributed by atoms with van der Waals surface area (Å²) in [4.78, 5) is 11.6. The fourth-order valence-corrected chi connectivity index (χ4v) is 2.54. The lowest BCUT2D eigenvalue weighted by Crippen LogP contribution is -2.30. The number of urea groups is 1. The van der Waals surface area contributed by atoms with Gasteiger partial charge in [-0.2, -0.15) is 0 Å². The number of anilines is 3. The number of nitrogens with one attached hydrogen (secondary N) is 3. The molecular formula is C16H15Cl2N3O. The molecule has 6 heteroatoms. The molecule has 1 aliphatic rings. The van der Waals surface area contributed by atoms with E-state index in [0.29, 0.717) is 16.1 Å². The van der Waals surface area contributed by atoms with Crippen LogP contribution in [0.5, 0.6) is 0 Å². The van der Waals surface area contributed by atoms with Gasteiger partial charge in [0.2, 0.25) is 0 Å². The molecule has 0 bridgehead atoms. The van der Waals surface area contributed by atoms with Gasteiger partial charge in [-0.05, 0) is 55.3 Å². The maximum absolute atomic E-state index is 11.6. The van der Waals surface area contributed by atoms with Crippen molar-refractivity contribution < 1.29 is 4.79 Å². The summed E-state index contributed by atoms with van der Waals surface area (Å²) in [7, 11) is 0. The van der Waals surface area contributed by atoms with Crippen LogP contribution in [0.3, 0.4) is 0 Å². The molecular weight excluding hydrogens is 321 g/mol. The highest BCUT2D eigenvalue weighted by atomic mass is 35.5. The number of benzene rings is 2. The molecule has 2 amide bonds. The monoisotopic (exact) mass is 335 g/mol. The minimum absolute atomic E-state index is 0.162. The van der Waals surface area contributed by atoms with Gasteiger partial charge in [-0.15, -0.1) is 0 Å². The highest BCUT2D eigenvalue weighted by molar-refractivity contribution is 6.35. The Hall–Kier alpha value is -1.91. The van der Waals surface area contributed by atoms with E-state index in [-0.39, 0.29) is 6.03 Å². The third-order valence-electron chi connectivity index (χ3n) is 3.21. The number of hydrogen-bond donors (Lipinski definition) is 3. The van der Waals surface area contributed by atoms with E-state index < -0.39 is 0 Å². The third-order valence-corrected chi connectivity index (χ3v) is 3.64. The summed E-state index contributed by atoms with van der Waals surface area (Å²) in [5.41, 5.74) is 2.43. The van der Waals surface area contributed by atoms with Crippen molar-refractivity contribution in [2.24, 2.45) is 0 Å². The van der Waals surface area contributed by atoms with E-state index in [1.165, 1.54) is 0 Å². The quantitative estimate of drug-likeness (QED) is 0.734. The van der Waals surface area contributed by atoms with Crippen molar-refractivity contribution in [3.63, 3.8) is 0 Å². The lowest BCUT2D eigenvalue weighted by atomic mass is 10.2. The van der Waals surface area contributed by atoms with Gasteiger partial charge in [0.1, 0.15) is 0 Å². The molecule has 22 heavy (non-hydrogen) atoms. The van der Waals surface area contributed by atoms with E-state index in [1.54, 1.807) is 18.2 Å². The van der Waals surface area contributed by atoms with Crippen molar-refractivity contribution in [2.75, 3.05) is 10.6 Å². The summed E-state index contributed by atoms with van der Waals surface area (Å²) in [5, 5.41) is 10.0. The average Bonchev–Trinajstić information content (AvgIpc) is 3.23. The molecule has 3 rings (SSSR count). The van der Waals surface area contributed by atoms with Crippen molar-refractivity contribution in [3.8, 4) is 0 Å². The second kappa shape index (κ2) is 6.46. The van der Waals surface area contributed by atoms with Gasteiger partial charge in [0, 0.05) is 33.1 Å². The van der Waals surface area contributed by atoms with Crippen molar-refractivity contribution in [3.05, 3.63) is 52.5 Å². The summed E-state index contributed by atoms with van der Waals surface area (Å²) >= 11 is 11.9. The minimum atomic E-state index is -0.162. The van der Waals surface area contributed by atoms with Crippen LogP contribution in [0.25, 0.3) is 0 Å². The van der Waals surface area contributed by atoms with Crippen LogP contribution < -0.4 is 16.0 Å². The largest absolute Gasteiger partial charge is 0.355 e. The number of rotatable bonds is 4. The second-order valence-electron chi connectivity index (χ2n) is 5.23. The number of carbonyl (C=O) groups is 1. The molecule has 1 saturated carbocycles. The molecule has 2 aromatic rings. The van der Waals surface area contributed by atoms with E-state index in [4.69, 9.17) is 23.2 Å². The molecule has 0 atom stereocenters. The molecule has 1 fully saturated rings. The van der Waals surface area contributed by atoms with Crippen molar-refractivity contribution in [1.82, 2.24) is 5.32 Å². The summed E-state index contributed by atoms with van der Waals surface area (Å²) in [6.07, 6.45) is 2.14. The van der Waals surface area contributed by atoms with Gasteiger partial charge < -0.3 is 16.0 Å². The van der Waals surface area contributed by atoms with Crippen LogP contribution in [-0.4, -0.2) is 12.1 Å². The molecule has 1 aliphatic carbocycles. The molecule has 0 spiro atoms. The molecule has 0 aliphatic heterocycles. The summed E-state index contributed by atoms with van der Waals surface area (Å²) in [5.74, 6) is 0. The molecule has 0 heterocycles. The van der Waals surface area contributed by atoms with E-state index in [1.807, 2.05) is 24.3 Å². The van der Waals surface area contributed by atoms with Crippen molar-refractivity contribution >= 4 is 46.3 Å². The van der Waals surface area contributed by atoms with Gasteiger partial charge in [-0.25, -0.2) is 4.79 Å². The van der Waals surface area contributed by atoms with Gasteiger partial charge in [0.05, 0.1) is 0 Å². The Morgan fingerprint density at radius 1 is 0.909 bits per heavy atom. The zero-order chi connectivity index (χ0) is 15.5. The standard InChI is InChI=1S/C16H15Cl2N3O/c17-10-7-11(18)9-15(8-10)19-12-1-3-13(4-2-12)20-16(22)21-14-5-6-14/h1-4,7-9,14,19H,5-6H2,(H2,20,21,22). The second-order valence-corrected chi connectivity index (χ2v) is 6.11. The Bertz CT molecular complexity index is 664. The summed E-state index contributed by atoms with van der Waals surface area (Å²) < 4.78 is 0. The van der Waals surface area contributed by atoms with Crippen LogP contribution in [-0.2, 0) is 0 Å². The van der Waals surface area contributed by atoms with Gasteiger partial charge in [-0.3, -0.25) is 0 Å². The SMILES string of the molecule is O=C(Nc1ccc(Nc2cc(Cl)cc(Cl)c2)cc1)NC1CC1. The van der Waals surface area contributed by atoms with Crippen molar-refractivity contribution in [2.45, 2.75) is 18.9 Å². The highest BCUT2D eigenvalue weighted by Gasteiger charge is 2.23. The van der Waals surface area contributed by atoms with Gasteiger partial charge in [0.15, 0.2) is 0 Å². The molecule has 0 aromatic heterocycles. The normalized spacial score (nSPS) is 13.5. The summed E-state index contributed by atoms with van der Waals surface area (Å²) in [6.45, 7) is 0. The number of hydrogen-bond acceptors (Lipinski definition) is 2. The van der Waals surface area contributed by atoms with Gasteiger partial charge >= 0.3 is 6.03 Å². The van der Waals surface area contributed by atoms with Crippen LogP contribution in [0.2, 0.25) is 10.0 Å². The van der Waals surface area contributed by atoms with E-state index in [0.717, 1.165) is 29.9 Å². The fraction of sp³-hybridized carbons (Fsp3) is 0.188. The average molecular weight is 336 g/mol. The Balaban J connectivity index is 1.61. The van der Waals surface area contributed by atoms with Crippen LogP contribution in [0.1, 0.15) is 12.8 Å². The predicted molar refractivity (Wildman–Crippen MR) is 91.4 cm³/mol. The number of halogens is 2. The Morgan fingerprint density at radius 3 is 2.09 bits per heavy atom. The molecule has 2 aromatic carbocycles. The topological polar surface area (TPSA) is 53.2 Å². The van der Waals surface area contributed by atoms with Crippen molar-refractivity contribution in [1.29, 1.82) is 0 Å². The van der Waals surface area contributed by atoms with Crippen LogP contribution in [0, 0.1) is 0 Å². The first-order valence-electron chi connectivity index (χ1n) is 6.99. The Kier molecular flexibility index (Phi) is 4.41. The predicted octanol–water partition coefficient (Wildman–Crippen LogP) is 5.02. The van der Waals surface area contributed by atoms with E-state index in [9.17, 15) is 4.79 Å². The maximum atomic E-state index is 11.6.